The average Bonchev–Trinajstić information content (AvgIpc) is 2.73. The fraction of sp³-hybridized carbons (Fsp3) is 0.364. The van der Waals surface area contributed by atoms with Gasteiger partial charge in [-0.1, -0.05) is 25.1 Å². The van der Waals surface area contributed by atoms with E-state index >= 15 is 0 Å². The Kier molecular flexibility index (Phi) is 6.66. The van der Waals surface area contributed by atoms with Crippen LogP contribution in [0.25, 0.3) is 0 Å². The number of hydrogen-bond acceptors (Lipinski definition) is 4. The van der Waals surface area contributed by atoms with Gasteiger partial charge in [-0.2, -0.15) is 0 Å². The number of benzene rings is 2. The second-order valence-corrected chi connectivity index (χ2v) is 6.75. The Morgan fingerprint density at radius 1 is 1.11 bits per heavy atom. The lowest BCUT2D eigenvalue weighted by atomic mass is 10.1. The van der Waals surface area contributed by atoms with Crippen molar-refractivity contribution >= 4 is 17.5 Å². The number of para-hydroxylation sites is 1. The van der Waals surface area contributed by atoms with Crippen LogP contribution in [-0.4, -0.2) is 49.1 Å². The topological polar surface area (TPSA) is 67.9 Å². The molecule has 2 aromatic rings. The van der Waals surface area contributed by atoms with Gasteiger partial charge in [-0.15, -0.1) is 0 Å². The highest BCUT2D eigenvalue weighted by molar-refractivity contribution is 5.97. The summed E-state index contributed by atoms with van der Waals surface area (Å²) < 4.78 is 11.2. The molecule has 6 nitrogen and oxygen atoms in total. The smallest absolute Gasteiger partial charge is 0.265 e. The van der Waals surface area contributed by atoms with E-state index in [0.717, 1.165) is 5.56 Å². The lowest BCUT2D eigenvalue weighted by molar-refractivity contribution is -0.122. The van der Waals surface area contributed by atoms with Gasteiger partial charge in [0.2, 0.25) is 0 Å². The van der Waals surface area contributed by atoms with E-state index < -0.39 is 6.10 Å². The maximum atomic E-state index is 12.6. The minimum atomic E-state index is -0.587. The molecule has 3 rings (SSSR count). The van der Waals surface area contributed by atoms with Crippen LogP contribution in [0.4, 0.5) is 5.69 Å². The third-order valence-corrected chi connectivity index (χ3v) is 4.72. The second-order valence-electron chi connectivity index (χ2n) is 6.75. The van der Waals surface area contributed by atoms with E-state index in [1.807, 2.05) is 38.1 Å². The largest absolute Gasteiger partial charge is 0.480 e. The van der Waals surface area contributed by atoms with Gasteiger partial charge in [0.15, 0.2) is 6.10 Å². The summed E-state index contributed by atoms with van der Waals surface area (Å²) in [6.07, 6.45) is -0.0379. The molecule has 28 heavy (non-hydrogen) atoms. The molecule has 0 aromatic heterocycles. The van der Waals surface area contributed by atoms with Gasteiger partial charge >= 0.3 is 0 Å². The maximum Gasteiger partial charge on any atom is 0.265 e. The molecule has 0 spiro atoms. The third kappa shape index (κ3) is 4.89. The number of nitrogens with one attached hydrogen (secondary N) is 1. The van der Waals surface area contributed by atoms with Gasteiger partial charge in [0.05, 0.1) is 13.2 Å². The zero-order valence-corrected chi connectivity index (χ0v) is 16.3. The van der Waals surface area contributed by atoms with Gasteiger partial charge in [0.1, 0.15) is 5.75 Å². The summed E-state index contributed by atoms with van der Waals surface area (Å²) in [5.41, 5.74) is 2.22. The first-order valence-electron chi connectivity index (χ1n) is 9.58. The minimum Gasteiger partial charge on any atom is -0.480 e. The van der Waals surface area contributed by atoms with Crippen molar-refractivity contribution < 1.29 is 19.1 Å². The number of ether oxygens (including phenoxy) is 2. The van der Waals surface area contributed by atoms with Crippen molar-refractivity contribution in [2.45, 2.75) is 26.4 Å². The molecule has 1 heterocycles. The Labute approximate surface area is 165 Å². The third-order valence-electron chi connectivity index (χ3n) is 4.72. The number of amides is 2. The van der Waals surface area contributed by atoms with Crippen LogP contribution in [0.1, 0.15) is 29.3 Å². The molecule has 148 valence electrons. The SMILES string of the molecule is CCC(Oc1ccccc1C)C(=O)Nc1ccc(C(=O)N2CCOCC2)cc1. The lowest BCUT2D eigenvalue weighted by Gasteiger charge is -2.26. The van der Waals surface area contributed by atoms with Gasteiger partial charge in [-0.25, -0.2) is 0 Å². The number of rotatable bonds is 6. The number of nitrogens with zero attached hydrogens (tertiary/aromatic N) is 1. The van der Waals surface area contributed by atoms with E-state index in [0.29, 0.717) is 49.7 Å². The Bertz CT molecular complexity index is 814. The molecule has 2 amide bonds. The van der Waals surface area contributed by atoms with Crippen molar-refractivity contribution in [1.29, 1.82) is 0 Å². The van der Waals surface area contributed by atoms with E-state index in [1.165, 1.54) is 0 Å². The zero-order chi connectivity index (χ0) is 19.9. The quantitative estimate of drug-likeness (QED) is 0.833. The minimum absolute atomic E-state index is 0.0181. The Morgan fingerprint density at radius 3 is 2.43 bits per heavy atom. The van der Waals surface area contributed by atoms with E-state index in [9.17, 15) is 9.59 Å². The van der Waals surface area contributed by atoms with Crippen LogP contribution in [0.2, 0.25) is 0 Å². The summed E-state index contributed by atoms with van der Waals surface area (Å²) in [7, 11) is 0. The Balaban J connectivity index is 1.61. The summed E-state index contributed by atoms with van der Waals surface area (Å²) >= 11 is 0. The molecule has 1 saturated heterocycles. The highest BCUT2D eigenvalue weighted by atomic mass is 16.5. The van der Waals surface area contributed by atoms with Crippen molar-refractivity contribution in [3.8, 4) is 5.75 Å². The highest BCUT2D eigenvalue weighted by Crippen LogP contribution is 2.20. The van der Waals surface area contributed by atoms with Gasteiger partial charge in [-0.05, 0) is 49.2 Å². The first-order chi connectivity index (χ1) is 13.6. The van der Waals surface area contributed by atoms with Crippen LogP contribution in [0, 0.1) is 6.92 Å². The first kappa shape index (κ1) is 19.9. The molecule has 0 saturated carbocycles. The summed E-state index contributed by atoms with van der Waals surface area (Å²) in [5.74, 6) is 0.476. The highest BCUT2D eigenvalue weighted by Gasteiger charge is 2.21. The van der Waals surface area contributed by atoms with Gasteiger partial charge in [0, 0.05) is 24.3 Å². The predicted molar refractivity (Wildman–Crippen MR) is 108 cm³/mol. The molecule has 0 aliphatic carbocycles. The first-order valence-corrected chi connectivity index (χ1v) is 9.58. The number of anilines is 1. The van der Waals surface area contributed by atoms with E-state index in [-0.39, 0.29) is 11.8 Å². The van der Waals surface area contributed by atoms with E-state index in [2.05, 4.69) is 5.32 Å². The number of hydrogen-bond donors (Lipinski definition) is 1. The number of aryl methyl sites for hydroxylation is 1. The van der Waals surface area contributed by atoms with Crippen LogP contribution in [0.3, 0.4) is 0 Å². The molecule has 1 N–H and O–H groups in total. The number of morpholine rings is 1. The summed E-state index contributed by atoms with van der Waals surface area (Å²) in [6.45, 7) is 6.20. The zero-order valence-electron chi connectivity index (χ0n) is 16.3. The van der Waals surface area contributed by atoms with Crippen molar-refractivity contribution in [3.63, 3.8) is 0 Å². The van der Waals surface area contributed by atoms with Crippen molar-refractivity contribution in [2.75, 3.05) is 31.6 Å². The number of carbonyl (C=O) groups excluding carboxylic acids is 2. The van der Waals surface area contributed by atoms with Crippen LogP contribution < -0.4 is 10.1 Å². The predicted octanol–water partition coefficient (Wildman–Crippen LogP) is 3.26. The van der Waals surface area contributed by atoms with E-state index in [4.69, 9.17) is 9.47 Å². The maximum absolute atomic E-state index is 12.6. The summed E-state index contributed by atoms with van der Waals surface area (Å²) in [5, 5.41) is 2.87. The normalized spacial score (nSPS) is 15.0. The standard InChI is InChI=1S/C22H26N2O4/c1-3-19(28-20-7-5-4-6-16(20)2)21(25)23-18-10-8-17(9-11-18)22(26)24-12-14-27-15-13-24/h4-11,19H,3,12-15H2,1-2H3,(H,23,25). The Hall–Kier alpha value is -2.86. The second kappa shape index (κ2) is 9.37. The molecule has 2 aromatic carbocycles. The monoisotopic (exact) mass is 382 g/mol. The summed E-state index contributed by atoms with van der Waals surface area (Å²) in [4.78, 5) is 26.9. The molecule has 6 heteroatoms. The number of carbonyl (C=O) groups is 2. The Morgan fingerprint density at radius 2 is 1.79 bits per heavy atom. The molecule has 1 atom stereocenters. The molecule has 1 aliphatic rings. The van der Waals surface area contributed by atoms with Crippen LogP contribution in [-0.2, 0) is 9.53 Å². The van der Waals surface area contributed by atoms with Crippen LogP contribution >= 0.6 is 0 Å². The average molecular weight is 382 g/mol. The molecular weight excluding hydrogens is 356 g/mol. The summed E-state index contributed by atoms with van der Waals surface area (Å²) in [6, 6.07) is 14.6. The molecule has 0 radical (unpaired) electrons. The van der Waals surface area contributed by atoms with Gasteiger partial charge in [0.25, 0.3) is 11.8 Å². The fourth-order valence-electron chi connectivity index (χ4n) is 3.03. The van der Waals surface area contributed by atoms with Crippen molar-refractivity contribution in [3.05, 3.63) is 59.7 Å². The van der Waals surface area contributed by atoms with E-state index in [1.54, 1.807) is 29.2 Å². The molecule has 1 fully saturated rings. The van der Waals surface area contributed by atoms with Crippen LogP contribution in [0.15, 0.2) is 48.5 Å². The van der Waals surface area contributed by atoms with Crippen molar-refractivity contribution in [1.82, 2.24) is 4.90 Å². The van der Waals surface area contributed by atoms with Crippen LogP contribution in [0.5, 0.6) is 5.75 Å². The molecule has 1 aliphatic heterocycles. The molecule has 0 bridgehead atoms. The molecule has 1 unspecified atom stereocenters. The van der Waals surface area contributed by atoms with Crippen molar-refractivity contribution in [2.24, 2.45) is 0 Å². The molecular formula is C22H26N2O4. The van der Waals surface area contributed by atoms with Gasteiger partial charge in [-0.3, -0.25) is 9.59 Å². The fourth-order valence-corrected chi connectivity index (χ4v) is 3.03. The van der Waals surface area contributed by atoms with Gasteiger partial charge < -0.3 is 19.7 Å². The lowest BCUT2D eigenvalue weighted by Crippen LogP contribution is -2.40.